The van der Waals surface area contributed by atoms with Gasteiger partial charge in [-0.05, 0) is 67.7 Å². The van der Waals surface area contributed by atoms with Crippen LogP contribution in [0.3, 0.4) is 0 Å². The van der Waals surface area contributed by atoms with E-state index in [1.54, 1.807) is 0 Å². The Morgan fingerprint density at radius 1 is 1.12 bits per heavy atom. The minimum Gasteiger partial charge on any atom is -0.352 e. The Bertz CT molecular complexity index is 574. The molecule has 0 bridgehead atoms. The highest BCUT2D eigenvalue weighted by molar-refractivity contribution is 5.79. The maximum atomic E-state index is 12.8. The van der Waals surface area contributed by atoms with Crippen molar-refractivity contribution in [1.29, 1.82) is 0 Å². The van der Waals surface area contributed by atoms with Crippen molar-refractivity contribution in [3.05, 3.63) is 35.4 Å². The Balaban J connectivity index is 1.51. The summed E-state index contributed by atoms with van der Waals surface area (Å²) in [5, 5.41) is 3.22. The van der Waals surface area contributed by atoms with E-state index in [1.807, 2.05) is 0 Å². The number of hydrogen-bond donors (Lipinski definition) is 1. The number of nitrogens with one attached hydrogen (secondary N) is 1. The highest BCUT2D eigenvalue weighted by Gasteiger charge is 2.35. The van der Waals surface area contributed by atoms with Gasteiger partial charge >= 0.3 is 0 Å². The van der Waals surface area contributed by atoms with E-state index >= 15 is 0 Å². The predicted octanol–water partition coefficient (Wildman–Crippen LogP) is 4.61. The summed E-state index contributed by atoms with van der Waals surface area (Å²) in [5.74, 6) is 2.24. The van der Waals surface area contributed by atoms with Crippen LogP contribution in [0.4, 0.5) is 0 Å². The molecule has 3 rings (SSSR count). The molecule has 26 heavy (non-hydrogen) atoms. The lowest BCUT2D eigenvalue weighted by atomic mass is 9.70. The molecule has 0 aromatic heterocycles. The fraction of sp³-hybridized carbons (Fsp3) is 0.696. The number of carbonyl (C=O) groups excluding carboxylic acids is 1. The van der Waals surface area contributed by atoms with Gasteiger partial charge in [0.1, 0.15) is 0 Å². The maximum absolute atomic E-state index is 12.8. The van der Waals surface area contributed by atoms with Crippen molar-refractivity contribution >= 4 is 5.91 Å². The van der Waals surface area contributed by atoms with Gasteiger partial charge in [0, 0.05) is 19.0 Å². The van der Waals surface area contributed by atoms with Crippen molar-refractivity contribution in [3.63, 3.8) is 0 Å². The highest BCUT2D eigenvalue weighted by Crippen LogP contribution is 2.38. The SMILES string of the molecule is CC(C)[C@@H]1CC[C@@H](C)C[C@H]1C(=O)NCc1ccc(CN2CCCC2)cc1. The van der Waals surface area contributed by atoms with Crippen molar-refractivity contribution in [2.75, 3.05) is 13.1 Å². The van der Waals surface area contributed by atoms with Crippen LogP contribution in [-0.2, 0) is 17.9 Å². The van der Waals surface area contributed by atoms with E-state index in [2.05, 4.69) is 55.3 Å². The van der Waals surface area contributed by atoms with E-state index < -0.39 is 0 Å². The lowest BCUT2D eigenvalue weighted by Gasteiger charge is -2.36. The Morgan fingerprint density at radius 3 is 2.42 bits per heavy atom. The van der Waals surface area contributed by atoms with Crippen LogP contribution in [0.15, 0.2) is 24.3 Å². The minimum absolute atomic E-state index is 0.188. The number of rotatable bonds is 6. The topological polar surface area (TPSA) is 32.3 Å². The molecule has 2 aliphatic rings. The molecule has 0 unspecified atom stereocenters. The Morgan fingerprint density at radius 2 is 1.77 bits per heavy atom. The molecule has 1 heterocycles. The van der Waals surface area contributed by atoms with Crippen molar-refractivity contribution in [1.82, 2.24) is 10.2 Å². The maximum Gasteiger partial charge on any atom is 0.223 e. The van der Waals surface area contributed by atoms with Gasteiger partial charge < -0.3 is 5.32 Å². The van der Waals surface area contributed by atoms with Gasteiger partial charge in [-0.25, -0.2) is 0 Å². The molecule has 0 spiro atoms. The third-order valence-corrected chi connectivity index (χ3v) is 6.45. The van der Waals surface area contributed by atoms with E-state index in [0.29, 0.717) is 24.3 Å². The van der Waals surface area contributed by atoms with Crippen LogP contribution >= 0.6 is 0 Å². The summed E-state index contributed by atoms with van der Waals surface area (Å²) in [6, 6.07) is 8.79. The highest BCUT2D eigenvalue weighted by atomic mass is 16.1. The molecule has 2 fully saturated rings. The van der Waals surface area contributed by atoms with Gasteiger partial charge in [-0.2, -0.15) is 0 Å². The quantitative estimate of drug-likeness (QED) is 0.807. The second-order valence-electron chi connectivity index (χ2n) is 8.95. The standard InChI is InChI=1S/C23H36N2O/c1-17(2)21-11-6-18(3)14-22(21)23(26)24-15-19-7-9-20(10-8-19)16-25-12-4-5-13-25/h7-10,17-18,21-22H,4-6,11-16H2,1-3H3,(H,24,26)/t18-,21+,22-/m1/s1. The Labute approximate surface area is 159 Å². The molecule has 1 saturated carbocycles. The molecule has 1 saturated heterocycles. The van der Waals surface area contributed by atoms with Crippen molar-refractivity contribution in [2.45, 2.75) is 66.0 Å². The van der Waals surface area contributed by atoms with E-state index in [0.717, 1.165) is 13.0 Å². The van der Waals surface area contributed by atoms with Gasteiger partial charge in [-0.15, -0.1) is 0 Å². The fourth-order valence-electron chi connectivity index (χ4n) is 4.79. The fourth-order valence-corrected chi connectivity index (χ4v) is 4.79. The van der Waals surface area contributed by atoms with Crippen molar-refractivity contribution in [3.8, 4) is 0 Å². The third-order valence-electron chi connectivity index (χ3n) is 6.45. The Hall–Kier alpha value is -1.35. The summed E-state index contributed by atoms with van der Waals surface area (Å²) >= 11 is 0. The summed E-state index contributed by atoms with van der Waals surface area (Å²) in [5.41, 5.74) is 2.58. The number of likely N-dealkylation sites (tertiary alicyclic amines) is 1. The van der Waals surface area contributed by atoms with Gasteiger partial charge in [0.15, 0.2) is 0 Å². The van der Waals surface area contributed by atoms with Gasteiger partial charge in [0.2, 0.25) is 5.91 Å². The molecule has 1 aliphatic heterocycles. The zero-order valence-electron chi connectivity index (χ0n) is 16.8. The van der Waals surface area contributed by atoms with E-state index in [4.69, 9.17) is 0 Å². The van der Waals surface area contributed by atoms with Crippen LogP contribution in [-0.4, -0.2) is 23.9 Å². The second-order valence-corrected chi connectivity index (χ2v) is 8.95. The first kappa shape index (κ1) is 19.4. The zero-order valence-corrected chi connectivity index (χ0v) is 16.8. The predicted molar refractivity (Wildman–Crippen MR) is 108 cm³/mol. The summed E-state index contributed by atoms with van der Waals surface area (Å²) in [6.45, 7) is 11.0. The number of amides is 1. The molecule has 3 nitrogen and oxygen atoms in total. The monoisotopic (exact) mass is 356 g/mol. The van der Waals surface area contributed by atoms with Crippen LogP contribution in [0.2, 0.25) is 0 Å². The molecular formula is C23H36N2O. The largest absolute Gasteiger partial charge is 0.352 e. The molecule has 144 valence electrons. The first-order valence-electron chi connectivity index (χ1n) is 10.6. The average Bonchev–Trinajstić information content (AvgIpc) is 3.13. The van der Waals surface area contributed by atoms with Crippen LogP contribution in [0, 0.1) is 23.7 Å². The minimum atomic E-state index is 0.188. The number of hydrogen-bond acceptors (Lipinski definition) is 2. The number of nitrogens with zero attached hydrogens (tertiary/aromatic N) is 1. The summed E-state index contributed by atoms with van der Waals surface area (Å²) in [7, 11) is 0. The molecule has 3 heteroatoms. The van der Waals surface area contributed by atoms with Crippen molar-refractivity contribution in [2.24, 2.45) is 23.7 Å². The molecule has 1 aromatic rings. The van der Waals surface area contributed by atoms with E-state index in [-0.39, 0.29) is 11.8 Å². The van der Waals surface area contributed by atoms with E-state index in [9.17, 15) is 4.79 Å². The van der Waals surface area contributed by atoms with Gasteiger partial charge in [0.05, 0.1) is 0 Å². The van der Waals surface area contributed by atoms with Gasteiger partial charge in [-0.3, -0.25) is 9.69 Å². The normalized spacial score (nSPS) is 27.0. The molecule has 1 N–H and O–H groups in total. The second kappa shape index (κ2) is 9.03. The smallest absolute Gasteiger partial charge is 0.223 e. The number of carbonyl (C=O) groups is 1. The molecule has 1 amide bonds. The molecule has 1 aliphatic carbocycles. The first-order chi connectivity index (χ1) is 12.5. The summed E-state index contributed by atoms with van der Waals surface area (Å²) in [4.78, 5) is 15.3. The zero-order chi connectivity index (χ0) is 18.5. The number of benzene rings is 1. The molecule has 3 atom stereocenters. The first-order valence-corrected chi connectivity index (χ1v) is 10.6. The van der Waals surface area contributed by atoms with Gasteiger partial charge in [0.25, 0.3) is 0 Å². The van der Waals surface area contributed by atoms with E-state index in [1.165, 1.54) is 49.9 Å². The lowest BCUT2D eigenvalue weighted by Crippen LogP contribution is -2.39. The summed E-state index contributed by atoms with van der Waals surface area (Å²) in [6.07, 6.45) is 6.18. The third kappa shape index (κ3) is 5.09. The Kier molecular flexibility index (Phi) is 6.74. The van der Waals surface area contributed by atoms with Crippen LogP contribution in [0.1, 0.15) is 64.0 Å². The average molecular weight is 357 g/mol. The summed E-state index contributed by atoms with van der Waals surface area (Å²) < 4.78 is 0. The molecular weight excluding hydrogens is 320 g/mol. The van der Waals surface area contributed by atoms with Crippen LogP contribution < -0.4 is 5.32 Å². The van der Waals surface area contributed by atoms with Crippen LogP contribution in [0.5, 0.6) is 0 Å². The molecule has 0 radical (unpaired) electrons. The lowest BCUT2D eigenvalue weighted by molar-refractivity contribution is -0.129. The van der Waals surface area contributed by atoms with Crippen molar-refractivity contribution < 1.29 is 4.79 Å². The van der Waals surface area contributed by atoms with Crippen LogP contribution in [0.25, 0.3) is 0 Å². The molecule has 1 aromatic carbocycles. The van der Waals surface area contributed by atoms with Gasteiger partial charge in [-0.1, -0.05) is 51.5 Å².